The SMILES string of the molecule is CC(C)c1cc2cc(CC(C)c3cc4sccc4s3)sc2s1. The van der Waals surface area contributed by atoms with E-state index < -0.39 is 0 Å². The van der Waals surface area contributed by atoms with Gasteiger partial charge in [-0.1, -0.05) is 20.8 Å². The van der Waals surface area contributed by atoms with Crippen LogP contribution in [0.5, 0.6) is 0 Å². The van der Waals surface area contributed by atoms with Gasteiger partial charge < -0.3 is 0 Å². The standard InChI is InChI=1S/C18H18S4/c1-10(2)15-8-12-7-13(20-18(12)22-15)6-11(3)16-9-17-14(21-16)4-5-19-17/h4-5,7-11H,6H2,1-3H3. The first-order chi connectivity index (χ1) is 10.6. The molecule has 0 bridgehead atoms. The van der Waals surface area contributed by atoms with Crippen molar-refractivity contribution in [3.05, 3.63) is 44.3 Å². The Morgan fingerprint density at radius 3 is 2.50 bits per heavy atom. The van der Waals surface area contributed by atoms with Crippen molar-refractivity contribution in [1.29, 1.82) is 0 Å². The molecule has 114 valence electrons. The van der Waals surface area contributed by atoms with Crippen LogP contribution in [0.1, 0.15) is 47.2 Å². The Hall–Kier alpha value is -0.680. The second-order valence-corrected chi connectivity index (χ2v) is 10.7. The van der Waals surface area contributed by atoms with Gasteiger partial charge in [-0.3, -0.25) is 0 Å². The molecular weight excluding hydrogens is 344 g/mol. The van der Waals surface area contributed by atoms with Crippen LogP contribution < -0.4 is 0 Å². The van der Waals surface area contributed by atoms with Gasteiger partial charge in [0.05, 0.1) is 4.01 Å². The molecule has 4 aromatic rings. The summed E-state index contributed by atoms with van der Waals surface area (Å²) in [5.74, 6) is 1.26. The molecule has 0 nitrogen and oxygen atoms in total. The third kappa shape index (κ3) is 2.67. The number of rotatable bonds is 4. The van der Waals surface area contributed by atoms with Gasteiger partial charge in [0.15, 0.2) is 0 Å². The normalized spacial score (nSPS) is 13.6. The van der Waals surface area contributed by atoms with Gasteiger partial charge in [-0.15, -0.1) is 45.3 Å². The number of fused-ring (bicyclic) bond motifs is 2. The van der Waals surface area contributed by atoms with E-state index in [0.717, 1.165) is 6.42 Å². The summed E-state index contributed by atoms with van der Waals surface area (Å²) in [6.07, 6.45) is 1.16. The second-order valence-electron chi connectivity index (χ2n) is 6.16. The van der Waals surface area contributed by atoms with Crippen LogP contribution in [-0.4, -0.2) is 0 Å². The molecule has 0 radical (unpaired) electrons. The molecule has 0 N–H and O–H groups in total. The second kappa shape index (κ2) is 5.75. The quantitative estimate of drug-likeness (QED) is 0.349. The largest absolute Gasteiger partial charge is 0.143 e. The predicted octanol–water partition coefficient (Wildman–Crippen LogP) is 7.71. The molecule has 0 spiro atoms. The van der Waals surface area contributed by atoms with Gasteiger partial charge in [0, 0.05) is 29.4 Å². The lowest BCUT2D eigenvalue weighted by molar-refractivity contribution is 0.786. The third-order valence-corrected chi connectivity index (χ3v) is 9.04. The molecule has 4 heterocycles. The zero-order valence-corrected chi connectivity index (χ0v) is 16.1. The van der Waals surface area contributed by atoms with E-state index in [1.54, 1.807) is 0 Å². The Bertz CT molecular complexity index is 855. The molecule has 0 saturated heterocycles. The summed E-state index contributed by atoms with van der Waals surface area (Å²) >= 11 is 7.79. The first-order valence-corrected chi connectivity index (χ1v) is 10.9. The van der Waals surface area contributed by atoms with Crippen molar-refractivity contribution >= 4 is 64.1 Å². The Morgan fingerprint density at radius 2 is 1.77 bits per heavy atom. The van der Waals surface area contributed by atoms with Gasteiger partial charge in [-0.2, -0.15) is 0 Å². The highest BCUT2D eigenvalue weighted by atomic mass is 32.2. The molecule has 4 rings (SSSR count). The molecule has 0 saturated carbocycles. The average Bonchev–Trinajstić information content (AvgIpc) is 3.15. The molecule has 0 aromatic carbocycles. The van der Waals surface area contributed by atoms with E-state index in [2.05, 4.69) is 50.4 Å². The van der Waals surface area contributed by atoms with Crippen LogP contribution >= 0.6 is 45.3 Å². The number of hydrogen-bond acceptors (Lipinski definition) is 4. The fraction of sp³-hybridized carbons (Fsp3) is 0.333. The maximum Gasteiger partial charge on any atom is 0.0870 e. The van der Waals surface area contributed by atoms with Crippen LogP contribution in [0.25, 0.3) is 18.8 Å². The van der Waals surface area contributed by atoms with Crippen LogP contribution in [0, 0.1) is 0 Å². The minimum Gasteiger partial charge on any atom is -0.143 e. The summed E-state index contributed by atoms with van der Waals surface area (Å²) in [4.78, 5) is 4.57. The minimum atomic E-state index is 0.613. The molecule has 4 aromatic heterocycles. The molecule has 4 heteroatoms. The van der Waals surface area contributed by atoms with Crippen LogP contribution in [-0.2, 0) is 6.42 Å². The molecule has 1 unspecified atom stereocenters. The van der Waals surface area contributed by atoms with Crippen molar-refractivity contribution < 1.29 is 0 Å². The summed E-state index contributed by atoms with van der Waals surface area (Å²) < 4.78 is 4.39. The molecular formula is C18H18S4. The lowest BCUT2D eigenvalue weighted by atomic mass is 10.0. The summed E-state index contributed by atoms with van der Waals surface area (Å²) in [5.41, 5.74) is 0. The van der Waals surface area contributed by atoms with Gasteiger partial charge in [-0.25, -0.2) is 0 Å². The summed E-state index contributed by atoms with van der Waals surface area (Å²) in [5, 5.41) is 3.64. The molecule has 0 amide bonds. The molecule has 0 aliphatic heterocycles. The van der Waals surface area contributed by atoms with E-state index >= 15 is 0 Å². The molecule has 0 aliphatic rings. The monoisotopic (exact) mass is 362 g/mol. The minimum absolute atomic E-state index is 0.613. The van der Waals surface area contributed by atoms with Gasteiger partial charge in [0.2, 0.25) is 0 Å². The van der Waals surface area contributed by atoms with E-state index in [1.165, 1.54) is 33.4 Å². The fourth-order valence-corrected chi connectivity index (χ4v) is 7.54. The van der Waals surface area contributed by atoms with Crippen molar-refractivity contribution in [3.63, 3.8) is 0 Å². The third-order valence-electron chi connectivity index (χ3n) is 4.00. The van der Waals surface area contributed by atoms with Gasteiger partial charge >= 0.3 is 0 Å². The highest BCUT2D eigenvalue weighted by Crippen LogP contribution is 2.40. The average molecular weight is 363 g/mol. The summed E-state index contributed by atoms with van der Waals surface area (Å²) in [6.45, 7) is 6.92. The number of thiophene rings is 4. The Kier molecular flexibility index (Phi) is 3.89. The van der Waals surface area contributed by atoms with Crippen molar-refractivity contribution in [1.82, 2.24) is 0 Å². The van der Waals surface area contributed by atoms with Crippen LogP contribution in [0.4, 0.5) is 0 Å². The summed E-state index contributed by atoms with van der Waals surface area (Å²) in [7, 11) is 0. The molecule has 1 atom stereocenters. The van der Waals surface area contributed by atoms with Crippen LogP contribution in [0.3, 0.4) is 0 Å². The van der Waals surface area contributed by atoms with Gasteiger partial charge in [0.1, 0.15) is 0 Å². The Balaban J connectivity index is 1.56. The van der Waals surface area contributed by atoms with Crippen molar-refractivity contribution in [2.75, 3.05) is 0 Å². The zero-order valence-electron chi connectivity index (χ0n) is 12.9. The first-order valence-electron chi connectivity index (χ1n) is 7.59. The highest BCUT2D eigenvalue weighted by molar-refractivity contribution is 7.38. The lowest BCUT2D eigenvalue weighted by Gasteiger charge is -2.06. The Labute approximate surface area is 147 Å². The topological polar surface area (TPSA) is 0 Å². The predicted molar refractivity (Wildman–Crippen MR) is 106 cm³/mol. The van der Waals surface area contributed by atoms with E-state index in [9.17, 15) is 0 Å². The molecule has 0 aliphatic carbocycles. The van der Waals surface area contributed by atoms with E-state index in [-0.39, 0.29) is 0 Å². The highest BCUT2D eigenvalue weighted by Gasteiger charge is 2.14. The van der Waals surface area contributed by atoms with Crippen LogP contribution in [0.15, 0.2) is 29.6 Å². The van der Waals surface area contributed by atoms with E-state index in [0.29, 0.717) is 11.8 Å². The van der Waals surface area contributed by atoms with Crippen molar-refractivity contribution in [2.45, 2.75) is 39.0 Å². The zero-order chi connectivity index (χ0) is 15.3. The maximum absolute atomic E-state index is 2.41. The van der Waals surface area contributed by atoms with E-state index in [1.807, 2.05) is 45.3 Å². The van der Waals surface area contributed by atoms with Crippen LogP contribution in [0.2, 0.25) is 0 Å². The van der Waals surface area contributed by atoms with E-state index in [4.69, 9.17) is 0 Å². The van der Waals surface area contributed by atoms with Gasteiger partial charge in [-0.05, 0) is 47.9 Å². The number of hydrogen-bond donors (Lipinski definition) is 0. The maximum atomic E-state index is 2.41. The summed E-state index contributed by atoms with van der Waals surface area (Å²) in [6, 6.07) is 9.43. The lowest BCUT2D eigenvalue weighted by Crippen LogP contribution is -1.93. The first kappa shape index (κ1) is 14.9. The van der Waals surface area contributed by atoms with Crippen molar-refractivity contribution in [2.24, 2.45) is 0 Å². The fourth-order valence-electron chi connectivity index (χ4n) is 2.72. The van der Waals surface area contributed by atoms with Crippen molar-refractivity contribution in [3.8, 4) is 0 Å². The van der Waals surface area contributed by atoms with Gasteiger partial charge in [0.25, 0.3) is 0 Å². The molecule has 22 heavy (non-hydrogen) atoms. The Morgan fingerprint density at radius 1 is 0.909 bits per heavy atom. The molecule has 0 fully saturated rings. The smallest absolute Gasteiger partial charge is 0.0870 e.